The lowest BCUT2D eigenvalue weighted by Gasteiger charge is -2.14. The molecule has 3 aromatic rings. The molecule has 2 aromatic heterocycles. The van der Waals surface area contributed by atoms with Gasteiger partial charge in [-0.1, -0.05) is 11.6 Å². The Labute approximate surface area is 174 Å². The Balaban J connectivity index is 1.87. The van der Waals surface area contributed by atoms with Gasteiger partial charge in [0.2, 0.25) is 0 Å². The van der Waals surface area contributed by atoms with Gasteiger partial charge in [-0.25, -0.2) is 22.2 Å². The molecule has 0 aliphatic rings. The minimum Gasteiger partial charge on any atom is -0.315 e. The van der Waals surface area contributed by atoms with E-state index >= 15 is 0 Å². The first-order chi connectivity index (χ1) is 14.3. The lowest BCUT2D eigenvalue weighted by molar-refractivity contribution is -0.143. The molecule has 3 rings (SSSR count). The van der Waals surface area contributed by atoms with Crippen molar-refractivity contribution in [2.24, 2.45) is 0 Å². The Morgan fingerprint density at radius 2 is 1.65 bits per heavy atom. The molecule has 0 spiro atoms. The number of nitrogens with zero attached hydrogens (tertiary/aromatic N) is 4. The van der Waals surface area contributed by atoms with Crippen LogP contribution in [-0.4, -0.2) is 25.5 Å². The van der Waals surface area contributed by atoms with Crippen LogP contribution >= 0.6 is 11.6 Å². The van der Waals surface area contributed by atoms with Crippen molar-refractivity contribution in [2.75, 3.05) is 5.32 Å². The van der Waals surface area contributed by atoms with E-state index in [2.05, 4.69) is 10.2 Å². The summed E-state index contributed by atoms with van der Waals surface area (Å²) in [7, 11) is 0. The molecule has 1 aromatic carbocycles. The molecule has 0 aliphatic carbocycles. The van der Waals surface area contributed by atoms with Crippen LogP contribution in [-0.2, 0) is 12.8 Å². The second-order valence-corrected chi connectivity index (χ2v) is 6.70. The molecule has 0 fully saturated rings. The number of aromatic nitrogens is 4. The van der Waals surface area contributed by atoms with Gasteiger partial charge in [0.1, 0.15) is 17.9 Å². The van der Waals surface area contributed by atoms with Crippen molar-refractivity contribution < 1.29 is 35.5 Å². The number of hydrogen-bond acceptors (Lipinski definition) is 3. The predicted molar refractivity (Wildman–Crippen MR) is 93.6 cm³/mol. The van der Waals surface area contributed by atoms with Crippen LogP contribution in [0.3, 0.4) is 0 Å². The van der Waals surface area contributed by atoms with Crippen molar-refractivity contribution >= 4 is 23.2 Å². The van der Waals surface area contributed by atoms with E-state index in [0.717, 1.165) is 6.07 Å². The molecule has 0 atom stereocenters. The van der Waals surface area contributed by atoms with Crippen molar-refractivity contribution in [3.8, 4) is 0 Å². The number of benzene rings is 1. The fourth-order valence-electron chi connectivity index (χ4n) is 2.68. The number of alkyl halides is 3. The molecule has 0 aliphatic heterocycles. The van der Waals surface area contributed by atoms with Crippen LogP contribution < -0.4 is 5.32 Å². The number of anilines is 1. The van der Waals surface area contributed by atoms with Crippen LogP contribution in [0.2, 0.25) is 5.02 Å². The zero-order valence-electron chi connectivity index (χ0n) is 15.6. The van der Waals surface area contributed by atoms with E-state index in [0.29, 0.717) is 16.4 Å². The number of amides is 1. The molecule has 1 N–H and O–H groups in total. The first-order valence-corrected chi connectivity index (χ1v) is 8.68. The second kappa shape index (κ2) is 7.87. The third-order valence-electron chi connectivity index (χ3n) is 4.23. The zero-order chi connectivity index (χ0) is 23.2. The monoisotopic (exact) mass is 469 g/mol. The number of halogens is 8. The fraction of sp³-hybridized carbons (Fsp3) is 0.235. The summed E-state index contributed by atoms with van der Waals surface area (Å²) in [6.07, 6.45) is -4.40. The van der Waals surface area contributed by atoms with Gasteiger partial charge in [0.25, 0.3) is 5.91 Å². The molecule has 6 nitrogen and oxygen atoms in total. The van der Waals surface area contributed by atoms with Crippen LogP contribution in [0.15, 0.2) is 12.3 Å². The van der Waals surface area contributed by atoms with Crippen molar-refractivity contribution in [3.63, 3.8) is 0 Å². The average Bonchev–Trinajstić information content (AvgIpc) is 3.24. The highest BCUT2D eigenvalue weighted by Gasteiger charge is 2.42. The maximum Gasteiger partial charge on any atom is 0.422 e. The fourth-order valence-corrected chi connectivity index (χ4v) is 2.81. The van der Waals surface area contributed by atoms with Gasteiger partial charge in [0, 0.05) is 6.20 Å². The third kappa shape index (κ3) is 4.09. The van der Waals surface area contributed by atoms with Crippen molar-refractivity contribution in [3.05, 3.63) is 63.2 Å². The Hall–Kier alpha value is -3.09. The molecule has 2 heterocycles. The highest BCUT2D eigenvalue weighted by atomic mass is 35.5. The normalized spacial score (nSPS) is 11.8. The van der Waals surface area contributed by atoms with Gasteiger partial charge in [0.15, 0.2) is 29.0 Å². The summed E-state index contributed by atoms with van der Waals surface area (Å²) < 4.78 is 95.8. The van der Waals surface area contributed by atoms with E-state index in [1.54, 1.807) is 13.8 Å². The Bertz CT molecular complexity index is 1160. The van der Waals surface area contributed by atoms with Gasteiger partial charge in [0.05, 0.1) is 16.4 Å². The highest BCUT2D eigenvalue weighted by molar-refractivity contribution is 6.31. The molecule has 1 amide bonds. The number of carbonyl (C=O) groups excluding carboxylic acids is 1. The molecule has 0 saturated carbocycles. The van der Waals surface area contributed by atoms with E-state index in [9.17, 15) is 35.5 Å². The molecule has 166 valence electrons. The summed E-state index contributed by atoms with van der Waals surface area (Å²) in [5.74, 6) is -11.5. The smallest absolute Gasteiger partial charge is 0.315 e. The van der Waals surface area contributed by atoms with Gasteiger partial charge in [-0.15, -0.1) is 0 Å². The molecule has 0 saturated heterocycles. The summed E-state index contributed by atoms with van der Waals surface area (Å²) in [6, 6.07) is 1.11. The minimum atomic E-state index is -5.69. The quantitative estimate of drug-likeness (QED) is 0.446. The van der Waals surface area contributed by atoms with Crippen molar-refractivity contribution in [1.29, 1.82) is 0 Å². The van der Waals surface area contributed by atoms with E-state index in [1.165, 1.54) is 20.9 Å². The molecular weight excluding hydrogens is 459 g/mol. The van der Waals surface area contributed by atoms with Gasteiger partial charge < -0.3 is 5.32 Å². The van der Waals surface area contributed by atoms with E-state index in [1.807, 2.05) is 0 Å². The minimum absolute atomic E-state index is 0.00106. The Morgan fingerprint density at radius 1 is 1.06 bits per heavy atom. The summed E-state index contributed by atoms with van der Waals surface area (Å²) in [5, 5.41) is 9.90. The van der Waals surface area contributed by atoms with Gasteiger partial charge >= 0.3 is 6.18 Å². The molecule has 31 heavy (non-hydrogen) atoms. The standard InChI is InChI=1S/C17H11ClF7N5O/c1-6-10(18)7(2)30(27-6)5-29-4-3-8(28-29)16(31)26-15-13(21)11(19)9(17(23,24)25)12(20)14(15)22/h3-4H,5H2,1-2H3,(H,26,31). The SMILES string of the molecule is Cc1nn(Cn2ccc(C(=O)Nc3c(F)c(F)c(C(F)(F)F)c(F)c3F)n2)c(C)c1Cl. The first-order valence-electron chi connectivity index (χ1n) is 8.30. The van der Waals surface area contributed by atoms with Crippen LogP contribution in [0.5, 0.6) is 0 Å². The van der Waals surface area contributed by atoms with Gasteiger partial charge in [-0.3, -0.25) is 9.48 Å². The number of hydrogen-bond donors (Lipinski definition) is 1. The van der Waals surface area contributed by atoms with Crippen molar-refractivity contribution in [1.82, 2.24) is 19.6 Å². The van der Waals surface area contributed by atoms with Crippen molar-refractivity contribution in [2.45, 2.75) is 26.7 Å². The number of aryl methyl sites for hydroxylation is 1. The summed E-state index contributed by atoms with van der Waals surface area (Å²) in [4.78, 5) is 12.2. The van der Waals surface area contributed by atoms with E-state index < -0.39 is 52.3 Å². The summed E-state index contributed by atoms with van der Waals surface area (Å²) in [6.45, 7) is 3.34. The molecule has 14 heteroatoms. The van der Waals surface area contributed by atoms with Crippen LogP contribution in [0.25, 0.3) is 0 Å². The average molecular weight is 470 g/mol. The summed E-state index contributed by atoms with van der Waals surface area (Å²) >= 11 is 6.03. The Kier molecular flexibility index (Phi) is 5.74. The largest absolute Gasteiger partial charge is 0.422 e. The highest BCUT2D eigenvalue weighted by Crippen LogP contribution is 2.38. The zero-order valence-corrected chi connectivity index (χ0v) is 16.3. The van der Waals surface area contributed by atoms with Gasteiger partial charge in [-0.2, -0.15) is 23.4 Å². The number of nitrogens with one attached hydrogen (secondary N) is 1. The topological polar surface area (TPSA) is 64.7 Å². The molecule has 0 bridgehead atoms. The number of rotatable bonds is 4. The van der Waals surface area contributed by atoms with Crippen LogP contribution in [0.4, 0.5) is 36.4 Å². The van der Waals surface area contributed by atoms with E-state index in [4.69, 9.17) is 11.6 Å². The summed E-state index contributed by atoms with van der Waals surface area (Å²) in [5.41, 5.74) is -3.75. The Morgan fingerprint density at radius 3 is 2.13 bits per heavy atom. The maximum absolute atomic E-state index is 13.9. The molecule has 0 unspecified atom stereocenters. The first kappa shape index (κ1) is 22.6. The van der Waals surface area contributed by atoms with Gasteiger partial charge in [-0.05, 0) is 19.9 Å². The molecular formula is C17H11ClF7N5O. The van der Waals surface area contributed by atoms with E-state index in [-0.39, 0.29) is 6.67 Å². The van der Waals surface area contributed by atoms with Crippen LogP contribution in [0, 0.1) is 37.1 Å². The predicted octanol–water partition coefficient (Wildman–Crippen LogP) is 4.68. The maximum atomic E-state index is 13.9. The second-order valence-electron chi connectivity index (χ2n) is 6.32. The molecule has 0 radical (unpaired) electrons. The van der Waals surface area contributed by atoms with Crippen LogP contribution in [0.1, 0.15) is 27.4 Å². The number of carbonyl (C=O) groups is 1. The third-order valence-corrected chi connectivity index (χ3v) is 4.78. The lowest BCUT2D eigenvalue weighted by Crippen LogP contribution is -2.21. The lowest BCUT2D eigenvalue weighted by atomic mass is 10.1.